The van der Waals surface area contributed by atoms with Gasteiger partial charge < -0.3 is 0 Å². The zero-order chi connectivity index (χ0) is 16.0. The number of hydrogen-bond acceptors (Lipinski definition) is 4. The Morgan fingerprint density at radius 3 is 2.87 bits per heavy atom. The standard InChI is InChI=1S/C17H21N5O/c1-12-7-5-6-10-21(12)11-15-18-19-17-20(2)16(23)13-8-3-4-9-14(13)22(15)17/h3-4,8-9,12H,5-7,10-11H2,1-2H3. The zero-order valence-corrected chi connectivity index (χ0v) is 13.6. The van der Waals surface area contributed by atoms with Crippen LogP contribution in [0.15, 0.2) is 29.1 Å². The highest BCUT2D eigenvalue weighted by Crippen LogP contribution is 2.20. The fourth-order valence-corrected chi connectivity index (χ4v) is 3.57. The highest BCUT2D eigenvalue weighted by molar-refractivity contribution is 5.80. The van der Waals surface area contributed by atoms with E-state index in [2.05, 4.69) is 22.0 Å². The molecule has 0 radical (unpaired) electrons. The molecule has 120 valence electrons. The van der Waals surface area contributed by atoms with E-state index in [-0.39, 0.29) is 5.56 Å². The molecular formula is C17H21N5O. The van der Waals surface area contributed by atoms with Crippen molar-refractivity contribution in [1.29, 1.82) is 0 Å². The minimum atomic E-state index is -0.0293. The first-order chi connectivity index (χ1) is 11.2. The first kappa shape index (κ1) is 14.4. The van der Waals surface area contributed by atoms with Crippen molar-refractivity contribution in [1.82, 2.24) is 24.1 Å². The van der Waals surface area contributed by atoms with E-state index in [1.165, 1.54) is 19.3 Å². The number of rotatable bonds is 2. The number of para-hydroxylation sites is 1. The van der Waals surface area contributed by atoms with Gasteiger partial charge in [0.2, 0.25) is 5.78 Å². The van der Waals surface area contributed by atoms with Crippen molar-refractivity contribution in [2.24, 2.45) is 7.05 Å². The Kier molecular flexibility index (Phi) is 3.41. The topological polar surface area (TPSA) is 55.4 Å². The molecule has 1 fully saturated rings. The summed E-state index contributed by atoms with van der Waals surface area (Å²) in [6.07, 6.45) is 3.77. The quantitative estimate of drug-likeness (QED) is 0.726. The van der Waals surface area contributed by atoms with E-state index in [1.807, 2.05) is 28.7 Å². The van der Waals surface area contributed by atoms with Gasteiger partial charge in [-0.15, -0.1) is 10.2 Å². The lowest BCUT2D eigenvalue weighted by molar-refractivity contribution is 0.148. The van der Waals surface area contributed by atoms with Gasteiger partial charge in [0.15, 0.2) is 5.82 Å². The van der Waals surface area contributed by atoms with Gasteiger partial charge in [0.25, 0.3) is 5.56 Å². The van der Waals surface area contributed by atoms with Crippen molar-refractivity contribution in [2.75, 3.05) is 6.54 Å². The maximum absolute atomic E-state index is 12.5. The third kappa shape index (κ3) is 2.25. The first-order valence-electron chi connectivity index (χ1n) is 8.22. The highest BCUT2D eigenvalue weighted by atomic mass is 16.1. The number of hydrogen-bond donors (Lipinski definition) is 0. The van der Waals surface area contributed by atoms with E-state index in [4.69, 9.17) is 0 Å². The van der Waals surface area contributed by atoms with Gasteiger partial charge in [-0.1, -0.05) is 18.6 Å². The summed E-state index contributed by atoms with van der Waals surface area (Å²) in [5, 5.41) is 9.36. The molecule has 1 aromatic carbocycles. The van der Waals surface area contributed by atoms with Crippen LogP contribution >= 0.6 is 0 Å². The summed E-state index contributed by atoms with van der Waals surface area (Å²) in [5.74, 6) is 1.51. The average molecular weight is 311 g/mol. The van der Waals surface area contributed by atoms with Crippen LogP contribution in [0.2, 0.25) is 0 Å². The molecule has 3 aromatic rings. The normalized spacial score (nSPS) is 19.7. The molecule has 0 aliphatic carbocycles. The Morgan fingerprint density at radius 2 is 2.04 bits per heavy atom. The number of piperidine rings is 1. The SMILES string of the molecule is CC1CCCCN1Cc1nnc2n(C)c(=O)c3ccccc3n12. The van der Waals surface area contributed by atoms with Gasteiger partial charge >= 0.3 is 0 Å². The monoisotopic (exact) mass is 311 g/mol. The minimum absolute atomic E-state index is 0.0293. The zero-order valence-electron chi connectivity index (χ0n) is 13.6. The number of likely N-dealkylation sites (tertiary alicyclic amines) is 1. The van der Waals surface area contributed by atoms with E-state index in [1.54, 1.807) is 11.6 Å². The largest absolute Gasteiger partial charge is 0.293 e. The van der Waals surface area contributed by atoms with Crippen molar-refractivity contribution in [3.8, 4) is 0 Å². The number of aromatic nitrogens is 4. The lowest BCUT2D eigenvalue weighted by Gasteiger charge is -2.32. The molecule has 6 nitrogen and oxygen atoms in total. The molecule has 2 aromatic heterocycles. The van der Waals surface area contributed by atoms with Gasteiger partial charge in [-0.05, 0) is 38.4 Å². The fourth-order valence-electron chi connectivity index (χ4n) is 3.57. The molecule has 3 heterocycles. The second-order valence-corrected chi connectivity index (χ2v) is 6.45. The van der Waals surface area contributed by atoms with Crippen LogP contribution in [-0.2, 0) is 13.6 Å². The molecule has 0 N–H and O–H groups in total. The maximum Gasteiger partial charge on any atom is 0.262 e. The van der Waals surface area contributed by atoms with Gasteiger partial charge in [-0.2, -0.15) is 0 Å². The summed E-state index contributed by atoms with van der Waals surface area (Å²) >= 11 is 0. The third-order valence-electron chi connectivity index (χ3n) is 4.98. The first-order valence-corrected chi connectivity index (χ1v) is 8.22. The molecule has 1 aliphatic rings. The number of fused-ring (bicyclic) bond motifs is 3. The summed E-state index contributed by atoms with van der Waals surface area (Å²) < 4.78 is 3.61. The van der Waals surface area contributed by atoms with E-state index >= 15 is 0 Å². The fraction of sp³-hybridized carbons (Fsp3) is 0.471. The summed E-state index contributed by atoms with van der Waals surface area (Å²) in [5.41, 5.74) is 0.855. The van der Waals surface area contributed by atoms with Crippen LogP contribution in [0.1, 0.15) is 32.0 Å². The molecule has 1 unspecified atom stereocenters. The molecule has 1 aliphatic heterocycles. The van der Waals surface area contributed by atoms with E-state index in [9.17, 15) is 4.79 Å². The summed E-state index contributed by atoms with van der Waals surface area (Å²) in [7, 11) is 1.76. The molecule has 23 heavy (non-hydrogen) atoms. The van der Waals surface area contributed by atoms with Gasteiger partial charge in [0, 0.05) is 13.1 Å². The second kappa shape index (κ2) is 5.45. The van der Waals surface area contributed by atoms with Crippen molar-refractivity contribution >= 4 is 16.7 Å². The Morgan fingerprint density at radius 1 is 1.22 bits per heavy atom. The lowest BCUT2D eigenvalue weighted by Crippen LogP contribution is -2.37. The predicted octanol–water partition coefficient (Wildman–Crippen LogP) is 1.96. The summed E-state index contributed by atoms with van der Waals surface area (Å²) in [6, 6.07) is 8.25. The van der Waals surface area contributed by atoms with Crippen LogP contribution in [0, 0.1) is 0 Å². The van der Waals surface area contributed by atoms with Crippen molar-refractivity contribution < 1.29 is 0 Å². The maximum atomic E-state index is 12.5. The molecule has 0 spiro atoms. The van der Waals surface area contributed by atoms with E-state index in [0.717, 1.165) is 24.4 Å². The molecular weight excluding hydrogens is 290 g/mol. The highest BCUT2D eigenvalue weighted by Gasteiger charge is 2.22. The average Bonchev–Trinajstić information content (AvgIpc) is 2.99. The molecule has 0 amide bonds. The molecule has 0 saturated carbocycles. The number of aryl methyl sites for hydroxylation is 1. The predicted molar refractivity (Wildman–Crippen MR) is 89.5 cm³/mol. The summed E-state index contributed by atoms with van der Waals surface area (Å²) in [4.78, 5) is 14.9. The lowest BCUT2D eigenvalue weighted by atomic mass is 10.0. The molecule has 6 heteroatoms. The van der Waals surface area contributed by atoms with Crippen LogP contribution in [0.3, 0.4) is 0 Å². The second-order valence-electron chi connectivity index (χ2n) is 6.45. The van der Waals surface area contributed by atoms with Crippen LogP contribution in [0.5, 0.6) is 0 Å². The van der Waals surface area contributed by atoms with Crippen LogP contribution in [-0.4, -0.2) is 36.7 Å². The number of nitrogens with zero attached hydrogens (tertiary/aromatic N) is 5. The van der Waals surface area contributed by atoms with Crippen LogP contribution < -0.4 is 5.56 Å². The summed E-state index contributed by atoms with van der Waals surface area (Å²) in [6.45, 7) is 4.14. The van der Waals surface area contributed by atoms with E-state index in [0.29, 0.717) is 17.2 Å². The van der Waals surface area contributed by atoms with Crippen molar-refractivity contribution in [3.05, 3.63) is 40.4 Å². The van der Waals surface area contributed by atoms with Crippen molar-refractivity contribution in [2.45, 2.75) is 38.8 Å². The Balaban J connectivity index is 1.90. The minimum Gasteiger partial charge on any atom is -0.293 e. The van der Waals surface area contributed by atoms with Gasteiger partial charge in [-0.25, -0.2) is 0 Å². The Bertz CT molecular complexity index is 926. The van der Waals surface area contributed by atoms with Crippen LogP contribution in [0.25, 0.3) is 16.7 Å². The molecule has 1 saturated heterocycles. The Labute approximate surface area is 134 Å². The van der Waals surface area contributed by atoms with Gasteiger partial charge in [-0.3, -0.25) is 18.7 Å². The third-order valence-corrected chi connectivity index (χ3v) is 4.98. The number of benzene rings is 1. The van der Waals surface area contributed by atoms with Crippen LogP contribution in [0.4, 0.5) is 0 Å². The molecule has 1 atom stereocenters. The van der Waals surface area contributed by atoms with Crippen molar-refractivity contribution in [3.63, 3.8) is 0 Å². The molecule has 0 bridgehead atoms. The molecule has 4 rings (SSSR count). The van der Waals surface area contributed by atoms with Gasteiger partial charge in [0.05, 0.1) is 17.4 Å². The smallest absolute Gasteiger partial charge is 0.262 e. The Hall–Kier alpha value is -2.21. The van der Waals surface area contributed by atoms with E-state index < -0.39 is 0 Å². The van der Waals surface area contributed by atoms with Gasteiger partial charge in [0.1, 0.15) is 0 Å².